The molecule has 0 aliphatic rings. The molecule has 0 heterocycles. The Morgan fingerprint density at radius 1 is 0.269 bits per heavy atom. The first-order valence-electron chi connectivity index (χ1n) is 33.2. The van der Waals surface area contributed by atoms with Crippen LogP contribution in [0.2, 0.25) is 0 Å². The summed E-state index contributed by atoms with van der Waals surface area (Å²) < 4.78 is 16.9. The summed E-state index contributed by atoms with van der Waals surface area (Å²) in [6.07, 6.45) is 88.5. The first-order valence-corrected chi connectivity index (χ1v) is 33.2. The molecular formula is C72H124O6. The lowest BCUT2D eigenvalue weighted by molar-refractivity contribution is -0.167. The van der Waals surface area contributed by atoms with Crippen molar-refractivity contribution in [2.75, 3.05) is 13.2 Å². The highest BCUT2D eigenvalue weighted by atomic mass is 16.6. The van der Waals surface area contributed by atoms with Gasteiger partial charge in [-0.3, -0.25) is 14.4 Å². The maximum absolute atomic E-state index is 12.9. The van der Waals surface area contributed by atoms with E-state index in [1.54, 1.807) is 0 Å². The lowest BCUT2D eigenvalue weighted by atomic mass is 10.0. The summed E-state index contributed by atoms with van der Waals surface area (Å²) in [5, 5.41) is 0. The van der Waals surface area contributed by atoms with Crippen molar-refractivity contribution in [2.45, 2.75) is 329 Å². The van der Waals surface area contributed by atoms with Gasteiger partial charge in [0, 0.05) is 19.3 Å². The first-order chi connectivity index (χ1) is 38.5. The van der Waals surface area contributed by atoms with Crippen molar-refractivity contribution in [3.63, 3.8) is 0 Å². The van der Waals surface area contributed by atoms with Crippen molar-refractivity contribution in [2.24, 2.45) is 0 Å². The molecule has 0 aliphatic carbocycles. The molecule has 78 heavy (non-hydrogen) atoms. The summed E-state index contributed by atoms with van der Waals surface area (Å²) in [5.74, 6) is -0.950. The van der Waals surface area contributed by atoms with Crippen LogP contribution >= 0.6 is 0 Å². The number of ether oxygens (including phenoxy) is 3. The number of unbranched alkanes of at least 4 members (excludes halogenated alkanes) is 33. The topological polar surface area (TPSA) is 78.9 Å². The van der Waals surface area contributed by atoms with E-state index < -0.39 is 6.10 Å². The molecular weight excluding hydrogens is 961 g/mol. The highest BCUT2D eigenvalue weighted by Gasteiger charge is 2.19. The highest BCUT2D eigenvalue weighted by molar-refractivity contribution is 5.71. The molecule has 0 N–H and O–H groups in total. The van der Waals surface area contributed by atoms with Crippen molar-refractivity contribution in [3.05, 3.63) is 97.2 Å². The fraction of sp³-hybridized carbons (Fsp3) is 0.736. The van der Waals surface area contributed by atoms with Crippen LogP contribution in [0.25, 0.3) is 0 Å². The fourth-order valence-electron chi connectivity index (χ4n) is 9.37. The number of rotatable bonds is 60. The second kappa shape index (κ2) is 65.8. The molecule has 0 fully saturated rings. The molecule has 0 aromatic rings. The van der Waals surface area contributed by atoms with Crippen LogP contribution < -0.4 is 0 Å². The normalized spacial score (nSPS) is 12.7. The largest absolute Gasteiger partial charge is 0.462 e. The molecule has 0 amide bonds. The van der Waals surface area contributed by atoms with Gasteiger partial charge < -0.3 is 14.2 Å². The van der Waals surface area contributed by atoms with Crippen LogP contribution in [0, 0.1) is 0 Å². The minimum atomic E-state index is -0.805. The minimum Gasteiger partial charge on any atom is -0.462 e. The van der Waals surface area contributed by atoms with Crippen LogP contribution in [0.3, 0.4) is 0 Å². The Hall–Kier alpha value is -3.67. The van der Waals surface area contributed by atoms with Gasteiger partial charge in [0.05, 0.1) is 0 Å². The maximum atomic E-state index is 12.9. The third-order valence-corrected chi connectivity index (χ3v) is 14.3. The number of allylic oxidation sites excluding steroid dienone is 16. The van der Waals surface area contributed by atoms with E-state index in [0.717, 1.165) is 96.3 Å². The molecule has 0 saturated carbocycles. The van der Waals surface area contributed by atoms with E-state index in [1.165, 1.54) is 180 Å². The summed E-state index contributed by atoms with van der Waals surface area (Å²) >= 11 is 0. The van der Waals surface area contributed by atoms with Crippen LogP contribution in [0.15, 0.2) is 97.2 Å². The highest BCUT2D eigenvalue weighted by Crippen LogP contribution is 2.17. The van der Waals surface area contributed by atoms with Gasteiger partial charge in [0.15, 0.2) is 6.10 Å². The molecule has 0 bridgehead atoms. The molecule has 0 saturated heterocycles. The quantitative estimate of drug-likeness (QED) is 0.0261. The van der Waals surface area contributed by atoms with E-state index in [2.05, 4.69) is 118 Å². The number of carbonyl (C=O) groups excluding carboxylic acids is 3. The molecule has 1 unspecified atom stereocenters. The van der Waals surface area contributed by atoms with Gasteiger partial charge in [-0.05, 0) is 96.3 Å². The third-order valence-electron chi connectivity index (χ3n) is 14.3. The summed E-state index contributed by atoms with van der Waals surface area (Å²) in [4.78, 5) is 38.4. The molecule has 448 valence electrons. The van der Waals surface area contributed by atoms with Gasteiger partial charge in [0.25, 0.3) is 0 Å². The molecule has 0 aliphatic heterocycles. The average molecular weight is 1090 g/mol. The Kier molecular flexibility index (Phi) is 62.7. The Morgan fingerprint density at radius 2 is 0.513 bits per heavy atom. The zero-order chi connectivity index (χ0) is 56.4. The van der Waals surface area contributed by atoms with E-state index >= 15 is 0 Å². The predicted molar refractivity (Wildman–Crippen MR) is 339 cm³/mol. The van der Waals surface area contributed by atoms with Gasteiger partial charge in [-0.25, -0.2) is 0 Å². The van der Waals surface area contributed by atoms with Crippen LogP contribution in [0.1, 0.15) is 323 Å². The van der Waals surface area contributed by atoms with E-state index in [4.69, 9.17) is 14.2 Å². The van der Waals surface area contributed by atoms with Crippen molar-refractivity contribution in [1.29, 1.82) is 0 Å². The van der Waals surface area contributed by atoms with E-state index in [9.17, 15) is 14.4 Å². The SMILES string of the molecule is CC/C=C\C/C=C\C/C=C\C/C=C\C/C=C\CCCC(=O)OCC(COC(=O)CCCCCCCCCC/C=C\C/C=C\C/C=C\CCCCCCC)OC(=O)CCCCCCCCCCCCCCCCCCCCCC. The average Bonchev–Trinajstić information content (AvgIpc) is 3.44. The summed E-state index contributed by atoms with van der Waals surface area (Å²) in [5.41, 5.74) is 0. The second-order valence-corrected chi connectivity index (χ2v) is 22.0. The fourth-order valence-corrected chi connectivity index (χ4v) is 9.37. The second-order valence-electron chi connectivity index (χ2n) is 22.0. The Labute approximate surface area is 483 Å². The van der Waals surface area contributed by atoms with E-state index in [-0.39, 0.29) is 37.5 Å². The van der Waals surface area contributed by atoms with Crippen molar-refractivity contribution < 1.29 is 28.6 Å². The monoisotopic (exact) mass is 1080 g/mol. The summed E-state index contributed by atoms with van der Waals surface area (Å²) in [7, 11) is 0. The summed E-state index contributed by atoms with van der Waals surface area (Å²) in [6, 6.07) is 0. The Bertz CT molecular complexity index is 1530. The zero-order valence-electron chi connectivity index (χ0n) is 51.4. The van der Waals surface area contributed by atoms with E-state index in [1.807, 2.05) is 0 Å². The molecule has 6 nitrogen and oxygen atoms in total. The molecule has 0 radical (unpaired) electrons. The van der Waals surface area contributed by atoms with Crippen LogP contribution in [0.5, 0.6) is 0 Å². The van der Waals surface area contributed by atoms with Crippen molar-refractivity contribution in [3.8, 4) is 0 Å². The van der Waals surface area contributed by atoms with Gasteiger partial charge in [0.1, 0.15) is 13.2 Å². The Morgan fingerprint density at radius 3 is 0.833 bits per heavy atom. The molecule has 0 aromatic carbocycles. The number of carbonyl (C=O) groups is 3. The molecule has 1 atom stereocenters. The molecule has 0 spiro atoms. The Balaban J connectivity index is 4.43. The number of esters is 3. The van der Waals surface area contributed by atoms with E-state index in [0.29, 0.717) is 19.3 Å². The van der Waals surface area contributed by atoms with Gasteiger partial charge in [-0.15, -0.1) is 0 Å². The number of hydrogen-bond acceptors (Lipinski definition) is 6. The van der Waals surface area contributed by atoms with Gasteiger partial charge >= 0.3 is 17.9 Å². The van der Waals surface area contributed by atoms with Crippen molar-refractivity contribution >= 4 is 17.9 Å². The smallest absolute Gasteiger partial charge is 0.306 e. The summed E-state index contributed by atoms with van der Waals surface area (Å²) in [6.45, 7) is 6.50. The first kappa shape index (κ1) is 74.3. The zero-order valence-corrected chi connectivity index (χ0v) is 51.4. The van der Waals surface area contributed by atoms with Crippen LogP contribution in [-0.2, 0) is 28.6 Å². The van der Waals surface area contributed by atoms with Crippen LogP contribution in [-0.4, -0.2) is 37.2 Å². The molecule has 0 rings (SSSR count). The third kappa shape index (κ3) is 63.2. The van der Waals surface area contributed by atoms with Gasteiger partial charge in [0.2, 0.25) is 0 Å². The predicted octanol–water partition coefficient (Wildman–Crippen LogP) is 22.8. The van der Waals surface area contributed by atoms with Gasteiger partial charge in [-0.2, -0.15) is 0 Å². The van der Waals surface area contributed by atoms with Crippen molar-refractivity contribution in [1.82, 2.24) is 0 Å². The lowest BCUT2D eigenvalue weighted by Crippen LogP contribution is -2.30. The number of hydrogen-bond donors (Lipinski definition) is 0. The standard InChI is InChI=1S/C72H124O6/c1-4-7-10-13-16-19-22-25-28-31-33-35-36-37-39-41-44-47-50-53-56-59-62-65-71(74)77-68-69(67-76-70(73)64-61-58-55-52-49-46-43-40-30-27-24-21-18-15-12-9-6-3)78-72(75)66-63-60-57-54-51-48-45-42-38-34-32-29-26-23-20-17-14-11-8-5-2/h9,12,18,21-22,25,27,30-31,33,36-37,43,46,52,55,69H,4-8,10-11,13-17,19-20,23-24,26,28-29,32,34-35,38-42,44-45,47-51,53-54,56-68H2,1-3H3/b12-9-,21-18-,25-22-,30-27-,33-31-,37-36-,46-43-,55-52-. The van der Waals surface area contributed by atoms with Crippen LogP contribution in [0.4, 0.5) is 0 Å². The minimum absolute atomic E-state index is 0.0972. The van der Waals surface area contributed by atoms with Gasteiger partial charge in [-0.1, -0.05) is 304 Å². The maximum Gasteiger partial charge on any atom is 0.306 e. The lowest BCUT2D eigenvalue weighted by Gasteiger charge is -2.18. The molecule has 6 heteroatoms. The molecule has 0 aromatic heterocycles.